The molecular formula is C23H35F3N2S. The molecule has 2 aliphatic heterocycles. The molecule has 2 nitrogen and oxygen atoms in total. The molecule has 0 atom stereocenters. The van der Waals surface area contributed by atoms with Crippen LogP contribution in [0.4, 0.5) is 18.9 Å². The number of rotatable bonds is 6. The van der Waals surface area contributed by atoms with E-state index < -0.39 is 11.7 Å². The van der Waals surface area contributed by atoms with Crippen molar-refractivity contribution in [2.75, 3.05) is 43.4 Å². The van der Waals surface area contributed by atoms with Gasteiger partial charge in [-0.25, -0.2) is 0 Å². The molecule has 0 N–H and O–H groups in total. The summed E-state index contributed by atoms with van der Waals surface area (Å²) < 4.78 is 40.0. The normalized spacial score (nSPS) is 20.6. The Labute approximate surface area is 178 Å². The second-order valence-corrected chi connectivity index (χ2v) is 10.3. The van der Waals surface area contributed by atoms with Gasteiger partial charge < -0.3 is 9.80 Å². The minimum absolute atomic E-state index is 0.527. The third kappa shape index (κ3) is 6.30. The van der Waals surface area contributed by atoms with E-state index >= 15 is 0 Å². The van der Waals surface area contributed by atoms with E-state index in [9.17, 15) is 13.2 Å². The minimum atomic E-state index is -4.29. The number of hydrogen-bond donors (Lipinski definition) is 0. The van der Waals surface area contributed by atoms with E-state index in [1.165, 1.54) is 49.8 Å². The maximum atomic E-state index is 13.3. The highest BCUT2D eigenvalue weighted by Crippen LogP contribution is 2.37. The van der Waals surface area contributed by atoms with E-state index in [2.05, 4.69) is 23.6 Å². The molecule has 0 aliphatic carbocycles. The van der Waals surface area contributed by atoms with Crippen LogP contribution < -0.4 is 4.90 Å². The summed E-state index contributed by atoms with van der Waals surface area (Å²) in [5.74, 6) is 3.08. The Morgan fingerprint density at radius 3 is 2.21 bits per heavy atom. The van der Waals surface area contributed by atoms with Gasteiger partial charge in [0.2, 0.25) is 0 Å². The van der Waals surface area contributed by atoms with Crippen molar-refractivity contribution in [3.05, 3.63) is 23.8 Å². The molecule has 2 fully saturated rings. The van der Waals surface area contributed by atoms with E-state index in [0.717, 1.165) is 55.8 Å². The molecule has 2 heterocycles. The average Bonchev–Trinajstić information content (AvgIpc) is 2.68. The molecule has 2 aliphatic rings. The first kappa shape index (κ1) is 22.8. The van der Waals surface area contributed by atoms with Crippen LogP contribution in [-0.4, -0.2) is 43.4 Å². The summed E-state index contributed by atoms with van der Waals surface area (Å²) in [4.78, 5) is 5.48. The molecule has 0 amide bonds. The van der Waals surface area contributed by atoms with Crippen LogP contribution in [0.25, 0.3) is 0 Å². The lowest BCUT2D eigenvalue weighted by atomic mass is 9.86. The first-order valence-corrected chi connectivity index (χ1v) is 12.1. The number of piperidine rings is 2. The van der Waals surface area contributed by atoms with E-state index in [0.29, 0.717) is 10.8 Å². The zero-order chi connectivity index (χ0) is 21.0. The first-order valence-electron chi connectivity index (χ1n) is 11.1. The van der Waals surface area contributed by atoms with Crippen molar-refractivity contribution in [2.24, 2.45) is 17.8 Å². The average molecular weight is 429 g/mol. The highest BCUT2D eigenvalue weighted by Gasteiger charge is 2.32. The van der Waals surface area contributed by atoms with Crippen LogP contribution in [0.2, 0.25) is 0 Å². The van der Waals surface area contributed by atoms with E-state index in [1.807, 2.05) is 13.0 Å². The number of halogens is 3. The molecular weight excluding hydrogens is 393 g/mol. The molecule has 1 aromatic carbocycles. The van der Waals surface area contributed by atoms with Crippen molar-refractivity contribution in [3.8, 4) is 0 Å². The molecule has 2 saturated heterocycles. The van der Waals surface area contributed by atoms with Crippen LogP contribution in [0.1, 0.15) is 52.0 Å². The Kier molecular flexibility index (Phi) is 7.82. The van der Waals surface area contributed by atoms with Gasteiger partial charge in [-0.3, -0.25) is 0 Å². The monoisotopic (exact) mass is 428 g/mol. The largest absolute Gasteiger partial charge is 0.416 e. The number of alkyl halides is 3. The molecule has 1 aromatic rings. The van der Waals surface area contributed by atoms with E-state index in [4.69, 9.17) is 0 Å². The molecule has 6 heteroatoms. The Hall–Kier alpha value is -0.880. The molecule has 0 spiro atoms. The summed E-state index contributed by atoms with van der Waals surface area (Å²) >= 11 is 1.48. The quantitative estimate of drug-likeness (QED) is 0.484. The number of likely N-dealkylation sites (tertiary alicyclic amines) is 1. The number of hydrogen-bond acceptors (Lipinski definition) is 3. The standard InChI is InChI=1S/C23H35F3N2S/c1-4-29-22-14-20(23(24,25)26)13-21(15-22)28-11-5-18(6-12-28)16-27-9-7-19(8-10-27)17(2)3/h13-15,17-19H,4-12,16H2,1-3H3. The summed E-state index contributed by atoms with van der Waals surface area (Å²) in [5, 5.41) is 0. The third-order valence-corrected chi connectivity index (χ3v) is 7.46. The lowest BCUT2D eigenvalue weighted by Gasteiger charge is -2.39. The number of thioether (sulfide) groups is 1. The van der Waals surface area contributed by atoms with E-state index in [-0.39, 0.29) is 0 Å². The maximum Gasteiger partial charge on any atom is 0.416 e. The van der Waals surface area contributed by atoms with Gasteiger partial charge in [-0.1, -0.05) is 20.8 Å². The van der Waals surface area contributed by atoms with Crippen molar-refractivity contribution in [2.45, 2.75) is 57.5 Å². The molecule has 3 rings (SSSR count). The predicted octanol–water partition coefficient (Wildman–Crippen LogP) is 6.40. The zero-order valence-corrected chi connectivity index (χ0v) is 18.8. The van der Waals surface area contributed by atoms with Crippen molar-refractivity contribution >= 4 is 17.4 Å². The van der Waals surface area contributed by atoms with Gasteiger partial charge >= 0.3 is 6.18 Å². The van der Waals surface area contributed by atoms with Gasteiger partial charge in [-0.05, 0) is 80.5 Å². The Morgan fingerprint density at radius 2 is 1.66 bits per heavy atom. The fourth-order valence-electron chi connectivity index (χ4n) is 4.72. The van der Waals surface area contributed by atoms with Crippen LogP contribution >= 0.6 is 11.8 Å². The first-order chi connectivity index (χ1) is 13.8. The van der Waals surface area contributed by atoms with Crippen molar-refractivity contribution in [1.29, 1.82) is 0 Å². The zero-order valence-electron chi connectivity index (χ0n) is 18.0. The third-order valence-electron chi connectivity index (χ3n) is 6.60. The second kappa shape index (κ2) is 9.95. The highest BCUT2D eigenvalue weighted by atomic mass is 32.2. The summed E-state index contributed by atoms with van der Waals surface area (Å²) in [5.41, 5.74) is 0.202. The number of nitrogens with zero attached hydrogens (tertiary/aromatic N) is 2. The predicted molar refractivity (Wildman–Crippen MR) is 117 cm³/mol. The minimum Gasteiger partial charge on any atom is -0.371 e. The van der Waals surface area contributed by atoms with Crippen LogP contribution in [0.5, 0.6) is 0 Å². The number of anilines is 1. The summed E-state index contributed by atoms with van der Waals surface area (Å²) in [6, 6.07) is 4.54. The summed E-state index contributed by atoms with van der Waals surface area (Å²) in [6.07, 6.45) is 0.448. The van der Waals surface area contributed by atoms with Gasteiger partial charge in [0, 0.05) is 30.2 Å². The summed E-state index contributed by atoms with van der Waals surface area (Å²) in [6.45, 7) is 11.9. The smallest absolute Gasteiger partial charge is 0.371 e. The van der Waals surface area contributed by atoms with Crippen LogP contribution in [0.3, 0.4) is 0 Å². The van der Waals surface area contributed by atoms with Crippen molar-refractivity contribution in [3.63, 3.8) is 0 Å². The van der Waals surface area contributed by atoms with E-state index in [1.54, 1.807) is 0 Å². The van der Waals surface area contributed by atoms with Gasteiger partial charge in [-0.2, -0.15) is 13.2 Å². The fourth-order valence-corrected chi connectivity index (χ4v) is 5.47. The topological polar surface area (TPSA) is 6.48 Å². The van der Waals surface area contributed by atoms with Crippen LogP contribution in [-0.2, 0) is 6.18 Å². The van der Waals surface area contributed by atoms with Gasteiger partial charge in [0.05, 0.1) is 5.56 Å². The summed E-state index contributed by atoms with van der Waals surface area (Å²) in [7, 11) is 0. The number of benzene rings is 1. The van der Waals surface area contributed by atoms with Crippen molar-refractivity contribution < 1.29 is 13.2 Å². The second-order valence-electron chi connectivity index (χ2n) is 8.96. The van der Waals surface area contributed by atoms with Gasteiger partial charge in [-0.15, -0.1) is 11.8 Å². The van der Waals surface area contributed by atoms with Gasteiger partial charge in [0.1, 0.15) is 0 Å². The Bertz CT molecular complexity index is 646. The molecule has 0 aromatic heterocycles. The lowest BCUT2D eigenvalue weighted by molar-refractivity contribution is -0.137. The fraction of sp³-hybridized carbons (Fsp3) is 0.739. The Balaban J connectivity index is 1.56. The van der Waals surface area contributed by atoms with Gasteiger partial charge in [0.25, 0.3) is 0 Å². The molecule has 0 bridgehead atoms. The molecule has 0 radical (unpaired) electrons. The Morgan fingerprint density at radius 1 is 1.00 bits per heavy atom. The molecule has 0 saturated carbocycles. The SMILES string of the molecule is CCSc1cc(N2CCC(CN3CCC(C(C)C)CC3)CC2)cc(C(F)(F)F)c1. The molecule has 29 heavy (non-hydrogen) atoms. The highest BCUT2D eigenvalue weighted by molar-refractivity contribution is 7.99. The van der Waals surface area contributed by atoms with Crippen molar-refractivity contribution in [1.82, 2.24) is 4.90 Å². The molecule has 164 valence electrons. The van der Waals surface area contributed by atoms with Gasteiger partial charge in [0.15, 0.2) is 0 Å². The molecule has 0 unspecified atom stereocenters. The lowest BCUT2D eigenvalue weighted by Crippen LogP contribution is -2.42. The van der Waals surface area contributed by atoms with Crippen LogP contribution in [0.15, 0.2) is 23.1 Å². The van der Waals surface area contributed by atoms with Crippen LogP contribution in [0, 0.1) is 17.8 Å². The maximum absolute atomic E-state index is 13.3.